The lowest BCUT2D eigenvalue weighted by Gasteiger charge is -2.19. The maximum Gasteiger partial charge on any atom is 0.251 e. The summed E-state index contributed by atoms with van der Waals surface area (Å²) in [5.74, 6) is -0.249. The topological polar surface area (TPSA) is 110 Å². The summed E-state index contributed by atoms with van der Waals surface area (Å²) in [4.78, 5) is 12.5. The summed E-state index contributed by atoms with van der Waals surface area (Å²) in [6.07, 6.45) is 2.07. The summed E-state index contributed by atoms with van der Waals surface area (Å²) in [6, 6.07) is 13.6. The second kappa shape index (κ2) is 10.7. The van der Waals surface area contributed by atoms with Gasteiger partial charge >= 0.3 is 0 Å². The Morgan fingerprint density at radius 3 is 2.84 bits per heavy atom. The van der Waals surface area contributed by atoms with Crippen LogP contribution in [0.3, 0.4) is 0 Å². The molecule has 0 bridgehead atoms. The Balaban J connectivity index is 1.71. The van der Waals surface area contributed by atoms with E-state index in [1.807, 2.05) is 44.3 Å². The van der Waals surface area contributed by atoms with Gasteiger partial charge in [-0.05, 0) is 48.2 Å². The lowest BCUT2D eigenvalue weighted by molar-refractivity contribution is -0.132. The zero-order chi connectivity index (χ0) is 22.2. The Labute approximate surface area is 183 Å². The van der Waals surface area contributed by atoms with Crippen molar-refractivity contribution < 1.29 is 9.53 Å². The van der Waals surface area contributed by atoms with E-state index in [1.54, 1.807) is 0 Å². The molecule has 3 rings (SSSR count). The van der Waals surface area contributed by atoms with E-state index in [2.05, 4.69) is 28.1 Å². The predicted molar refractivity (Wildman–Crippen MR) is 123 cm³/mol. The van der Waals surface area contributed by atoms with Crippen LogP contribution in [-0.2, 0) is 16.0 Å². The number of amides is 1. The molecule has 162 valence electrons. The Kier molecular flexibility index (Phi) is 7.76. The number of anilines is 1. The highest BCUT2D eigenvalue weighted by Crippen LogP contribution is 2.27. The van der Waals surface area contributed by atoms with Gasteiger partial charge < -0.3 is 26.1 Å². The Bertz CT molecular complexity index is 974. The first-order chi connectivity index (χ1) is 15.0. The van der Waals surface area contributed by atoms with E-state index in [0.717, 1.165) is 46.5 Å². The molecule has 7 nitrogen and oxygen atoms in total. The van der Waals surface area contributed by atoms with Crippen molar-refractivity contribution >= 4 is 17.8 Å². The van der Waals surface area contributed by atoms with E-state index in [1.165, 1.54) is 6.21 Å². The van der Waals surface area contributed by atoms with Crippen molar-refractivity contribution in [3.05, 3.63) is 53.1 Å². The fourth-order valence-electron chi connectivity index (χ4n) is 3.68. The number of aryl methyl sites for hydroxylation is 1. The van der Waals surface area contributed by atoms with Crippen LogP contribution in [0, 0.1) is 23.7 Å². The average Bonchev–Trinajstić information content (AvgIpc) is 3.09. The highest BCUT2D eigenvalue weighted by atomic mass is 16.5. The molecule has 7 heteroatoms. The van der Waals surface area contributed by atoms with Crippen LogP contribution >= 0.6 is 0 Å². The molecule has 2 aromatic rings. The molecule has 0 radical (unpaired) electrons. The molecular weight excluding hydrogens is 390 g/mol. The van der Waals surface area contributed by atoms with Gasteiger partial charge in [-0.1, -0.05) is 30.3 Å². The smallest absolute Gasteiger partial charge is 0.251 e. The normalized spacial score (nSPS) is 17.1. The number of nitrogens with one attached hydrogen (secondary N) is 4. The number of carbonyl (C=O) groups is 1. The average molecular weight is 420 g/mol. The molecule has 4 N–H and O–H groups in total. The largest absolute Gasteiger partial charge is 0.388 e. The van der Waals surface area contributed by atoms with Crippen LogP contribution in [0.15, 0.2) is 36.4 Å². The van der Waals surface area contributed by atoms with E-state index in [9.17, 15) is 10.1 Å². The molecule has 1 heterocycles. The van der Waals surface area contributed by atoms with Crippen LogP contribution in [-0.4, -0.2) is 51.0 Å². The molecule has 2 aromatic carbocycles. The van der Waals surface area contributed by atoms with Crippen LogP contribution in [0.5, 0.6) is 0 Å². The van der Waals surface area contributed by atoms with Crippen molar-refractivity contribution in [2.24, 2.45) is 0 Å². The molecule has 0 unspecified atom stereocenters. The second-order valence-corrected chi connectivity index (χ2v) is 7.65. The maximum absolute atomic E-state index is 12.5. The van der Waals surface area contributed by atoms with Crippen molar-refractivity contribution in [2.45, 2.75) is 31.9 Å². The SMILES string of the molecule is CNc1cc(-c2ccc(C[C@@H](C#N)NC(=O)[C@@H]3CNCCCO3)c(C)c2)ccc1C=N. The fourth-order valence-corrected chi connectivity index (χ4v) is 3.68. The van der Waals surface area contributed by atoms with Crippen molar-refractivity contribution in [1.29, 1.82) is 10.7 Å². The zero-order valence-corrected chi connectivity index (χ0v) is 18.0. The van der Waals surface area contributed by atoms with Gasteiger partial charge in [-0.3, -0.25) is 4.79 Å². The van der Waals surface area contributed by atoms with Gasteiger partial charge in [0.1, 0.15) is 12.1 Å². The number of benzene rings is 2. The molecule has 1 saturated heterocycles. The summed E-state index contributed by atoms with van der Waals surface area (Å²) < 4.78 is 5.58. The first-order valence-electron chi connectivity index (χ1n) is 10.5. The number of hydrogen-bond donors (Lipinski definition) is 4. The second-order valence-electron chi connectivity index (χ2n) is 7.65. The summed E-state index contributed by atoms with van der Waals surface area (Å²) in [5, 5.41) is 26.2. The molecule has 0 spiro atoms. The van der Waals surface area contributed by atoms with Crippen molar-refractivity contribution in [1.82, 2.24) is 10.6 Å². The molecular formula is C24H29N5O2. The van der Waals surface area contributed by atoms with Gasteiger partial charge in [0.15, 0.2) is 0 Å². The molecule has 1 amide bonds. The fraction of sp³-hybridized carbons (Fsp3) is 0.375. The Hall–Kier alpha value is -3.21. The minimum atomic E-state index is -0.619. The molecule has 31 heavy (non-hydrogen) atoms. The van der Waals surface area contributed by atoms with Crippen LogP contribution in [0.4, 0.5) is 5.69 Å². The van der Waals surface area contributed by atoms with E-state index in [0.29, 0.717) is 19.6 Å². The highest BCUT2D eigenvalue weighted by Gasteiger charge is 2.23. The Morgan fingerprint density at radius 2 is 2.13 bits per heavy atom. The van der Waals surface area contributed by atoms with Gasteiger partial charge in [0.25, 0.3) is 5.91 Å². The van der Waals surface area contributed by atoms with Crippen LogP contribution < -0.4 is 16.0 Å². The van der Waals surface area contributed by atoms with E-state index in [4.69, 9.17) is 10.1 Å². The molecule has 2 atom stereocenters. The van der Waals surface area contributed by atoms with Gasteiger partial charge in [-0.25, -0.2) is 0 Å². The summed E-state index contributed by atoms with van der Waals surface area (Å²) in [6.45, 7) is 3.84. The van der Waals surface area contributed by atoms with Crippen molar-refractivity contribution in [3.8, 4) is 17.2 Å². The third kappa shape index (κ3) is 5.69. The minimum absolute atomic E-state index is 0.249. The number of nitriles is 1. The van der Waals surface area contributed by atoms with Gasteiger partial charge in [-0.2, -0.15) is 5.26 Å². The third-order valence-corrected chi connectivity index (χ3v) is 5.49. The lowest BCUT2D eigenvalue weighted by atomic mass is 9.95. The maximum atomic E-state index is 12.5. The summed E-state index contributed by atoms with van der Waals surface area (Å²) in [7, 11) is 1.84. The first kappa shape index (κ1) is 22.5. The number of carbonyl (C=O) groups excluding carboxylic acids is 1. The third-order valence-electron chi connectivity index (χ3n) is 5.49. The highest BCUT2D eigenvalue weighted by molar-refractivity contribution is 5.88. The predicted octanol–water partition coefficient (Wildman–Crippen LogP) is 2.63. The summed E-state index contributed by atoms with van der Waals surface area (Å²) in [5.41, 5.74) is 5.91. The number of nitrogens with zero attached hydrogens (tertiary/aromatic N) is 1. The van der Waals surface area contributed by atoms with Crippen molar-refractivity contribution in [2.75, 3.05) is 32.1 Å². The molecule has 0 saturated carbocycles. The van der Waals surface area contributed by atoms with E-state index in [-0.39, 0.29) is 5.91 Å². The molecule has 0 aliphatic carbocycles. The van der Waals surface area contributed by atoms with Crippen LogP contribution in [0.25, 0.3) is 11.1 Å². The molecule has 1 aliphatic rings. The number of ether oxygens (including phenoxy) is 1. The molecule has 1 fully saturated rings. The molecule has 1 aliphatic heterocycles. The van der Waals surface area contributed by atoms with E-state index < -0.39 is 12.1 Å². The Morgan fingerprint density at radius 1 is 1.35 bits per heavy atom. The van der Waals surface area contributed by atoms with E-state index >= 15 is 0 Å². The van der Waals surface area contributed by atoms with Gasteiger partial charge in [0.05, 0.1) is 6.07 Å². The summed E-state index contributed by atoms with van der Waals surface area (Å²) >= 11 is 0. The minimum Gasteiger partial charge on any atom is -0.388 e. The van der Waals surface area contributed by atoms with Gasteiger partial charge in [0, 0.05) is 44.1 Å². The zero-order valence-electron chi connectivity index (χ0n) is 18.0. The standard InChI is InChI=1S/C24H29N5O2/c1-16-10-18(19-6-7-20(13-25)22(12-19)27-2)5-4-17(16)11-21(14-26)29-24(30)23-15-28-8-3-9-31-23/h4-7,10,12-13,21,23,25,27-28H,3,8-9,11,15H2,1-2H3,(H,29,30)/t21-,23-/m0/s1. The lowest BCUT2D eigenvalue weighted by Crippen LogP contribution is -2.46. The van der Waals surface area contributed by atoms with Gasteiger partial charge in [0.2, 0.25) is 0 Å². The monoisotopic (exact) mass is 419 g/mol. The molecule has 0 aromatic heterocycles. The van der Waals surface area contributed by atoms with Crippen LogP contribution in [0.2, 0.25) is 0 Å². The van der Waals surface area contributed by atoms with Crippen molar-refractivity contribution in [3.63, 3.8) is 0 Å². The number of rotatable bonds is 7. The first-order valence-corrected chi connectivity index (χ1v) is 10.5. The quantitative estimate of drug-likeness (QED) is 0.516. The number of hydrogen-bond acceptors (Lipinski definition) is 6. The van der Waals surface area contributed by atoms with Crippen LogP contribution in [0.1, 0.15) is 23.1 Å². The van der Waals surface area contributed by atoms with Gasteiger partial charge in [-0.15, -0.1) is 0 Å².